The lowest BCUT2D eigenvalue weighted by Crippen LogP contribution is -2.54. The summed E-state index contributed by atoms with van der Waals surface area (Å²) in [5.74, 6) is -1.18. The molecule has 1 heterocycles. The molecule has 2 aliphatic rings. The van der Waals surface area contributed by atoms with E-state index in [9.17, 15) is 19.2 Å². The van der Waals surface area contributed by atoms with Gasteiger partial charge in [-0.25, -0.2) is 4.79 Å². The van der Waals surface area contributed by atoms with Crippen LogP contribution in [0, 0.1) is 17.2 Å². The van der Waals surface area contributed by atoms with Crippen LogP contribution in [0.25, 0.3) is 0 Å². The summed E-state index contributed by atoms with van der Waals surface area (Å²) in [4.78, 5) is 52.8. The molecule has 0 bridgehead atoms. The first-order valence-corrected chi connectivity index (χ1v) is 11.5. The maximum absolute atomic E-state index is 13.0. The Labute approximate surface area is 198 Å². The van der Waals surface area contributed by atoms with E-state index in [1.807, 2.05) is 19.9 Å². The topological polar surface area (TPSA) is 129 Å². The number of carbonyl (C=O) groups is 4. The van der Waals surface area contributed by atoms with Crippen LogP contribution in [0.3, 0.4) is 0 Å². The fourth-order valence-electron chi connectivity index (χ4n) is 4.48. The summed E-state index contributed by atoms with van der Waals surface area (Å²) >= 11 is 0. The van der Waals surface area contributed by atoms with Crippen LogP contribution in [0.4, 0.5) is 10.5 Å². The highest BCUT2D eigenvalue weighted by Crippen LogP contribution is 2.38. The second kappa shape index (κ2) is 11.0. The Morgan fingerprint density at radius 2 is 2.00 bits per heavy atom. The van der Waals surface area contributed by atoms with Crippen molar-refractivity contribution in [3.8, 4) is 11.8 Å². The number of ether oxygens (including phenoxy) is 2. The van der Waals surface area contributed by atoms with E-state index < -0.39 is 42.5 Å². The second-order valence-corrected chi connectivity index (χ2v) is 8.48. The van der Waals surface area contributed by atoms with Gasteiger partial charge in [0.2, 0.25) is 0 Å². The molecule has 10 nitrogen and oxygen atoms in total. The maximum atomic E-state index is 13.0. The number of rotatable bonds is 9. The highest BCUT2D eigenvalue weighted by molar-refractivity contribution is 6.09. The lowest BCUT2D eigenvalue weighted by molar-refractivity contribution is -0.151. The van der Waals surface area contributed by atoms with E-state index in [0.29, 0.717) is 24.5 Å². The highest BCUT2D eigenvalue weighted by Gasteiger charge is 2.55. The minimum absolute atomic E-state index is 0.0249. The quantitative estimate of drug-likeness (QED) is 0.433. The van der Waals surface area contributed by atoms with Crippen molar-refractivity contribution in [2.75, 3.05) is 31.2 Å². The first kappa shape index (κ1) is 25.0. The molecule has 182 valence electrons. The maximum Gasteiger partial charge on any atom is 0.326 e. The molecule has 1 aromatic rings. The third-order valence-electron chi connectivity index (χ3n) is 6.35. The number of anilines is 1. The van der Waals surface area contributed by atoms with E-state index in [-0.39, 0.29) is 18.9 Å². The van der Waals surface area contributed by atoms with E-state index in [2.05, 4.69) is 5.32 Å². The number of urea groups is 1. The van der Waals surface area contributed by atoms with Gasteiger partial charge >= 0.3 is 12.0 Å². The summed E-state index contributed by atoms with van der Waals surface area (Å²) in [6.07, 6.45) is 3.28. The van der Waals surface area contributed by atoms with Crippen LogP contribution >= 0.6 is 0 Å². The van der Waals surface area contributed by atoms with E-state index in [0.717, 1.165) is 24.2 Å². The molecule has 0 radical (unpaired) electrons. The number of nitrogens with zero attached hydrogens (tertiary/aromatic N) is 3. The second-order valence-electron chi connectivity index (χ2n) is 8.48. The average molecular weight is 471 g/mol. The van der Waals surface area contributed by atoms with Crippen LogP contribution in [-0.4, -0.2) is 60.6 Å². The van der Waals surface area contributed by atoms with Crippen molar-refractivity contribution in [2.24, 2.45) is 5.92 Å². The van der Waals surface area contributed by atoms with Gasteiger partial charge in [0.05, 0.1) is 19.1 Å². The van der Waals surface area contributed by atoms with Gasteiger partial charge in [-0.3, -0.25) is 19.3 Å². The number of benzene rings is 1. The van der Waals surface area contributed by atoms with Gasteiger partial charge in [0.1, 0.15) is 17.8 Å². The van der Waals surface area contributed by atoms with Crippen molar-refractivity contribution in [1.29, 1.82) is 5.26 Å². The summed E-state index contributed by atoms with van der Waals surface area (Å²) in [6, 6.07) is 8.15. The van der Waals surface area contributed by atoms with Crippen molar-refractivity contribution >= 4 is 29.5 Å². The number of nitrogens with one attached hydrogen (secondary N) is 1. The van der Waals surface area contributed by atoms with Crippen LogP contribution in [0.15, 0.2) is 24.3 Å². The van der Waals surface area contributed by atoms with Gasteiger partial charge in [-0.2, -0.15) is 5.26 Å². The molecular weight excluding hydrogens is 440 g/mol. The Hall–Kier alpha value is -3.61. The molecule has 1 aliphatic heterocycles. The third kappa shape index (κ3) is 5.30. The van der Waals surface area contributed by atoms with Crippen LogP contribution in [-0.2, 0) is 19.1 Å². The van der Waals surface area contributed by atoms with Crippen LogP contribution in [0.5, 0.6) is 5.75 Å². The van der Waals surface area contributed by atoms with Crippen LogP contribution in [0.2, 0.25) is 0 Å². The van der Waals surface area contributed by atoms with Crippen molar-refractivity contribution in [2.45, 2.75) is 51.5 Å². The summed E-state index contributed by atoms with van der Waals surface area (Å²) in [5, 5.41) is 11.7. The van der Waals surface area contributed by atoms with Gasteiger partial charge in [-0.05, 0) is 49.9 Å². The molecule has 34 heavy (non-hydrogen) atoms. The molecule has 2 fully saturated rings. The summed E-state index contributed by atoms with van der Waals surface area (Å²) in [5.41, 5.74) is -0.435. The van der Waals surface area contributed by atoms with Crippen molar-refractivity contribution in [1.82, 2.24) is 10.2 Å². The number of esters is 1. The summed E-state index contributed by atoms with van der Waals surface area (Å²) < 4.78 is 10.5. The highest BCUT2D eigenvalue weighted by atomic mass is 16.5. The molecule has 2 atom stereocenters. The van der Waals surface area contributed by atoms with Gasteiger partial charge < -0.3 is 19.7 Å². The third-order valence-corrected chi connectivity index (χ3v) is 6.35. The van der Waals surface area contributed by atoms with Gasteiger partial charge in [-0.15, -0.1) is 0 Å². The smallest absolute Gasteiger partial charge is 0.326 e. The standard InChI is InChI=1S/C24H30N4O6/c1-3-33-19-10-8-18(9-11-19)27(14-6-13-25)20(29)16-34-21(30)15-28-22(31)24(26-23(28)32)12-5-4-7-17(24)2/h8-11,17H,3-7,12,14-16H2,1-2H3,(H,26,32). The van der Waals surface area contributed by atoms with Crippen molar-refractivity contribution in [3.63, 3.8) is 0 Å². The molecule has 1 saturated carbocycles. The lowest BCUT2D eigenvalue weighted by Gasteiger charge is -2.36. The zero-order valence-corrected chi connectivity index (χ0v) is 19.5. The van der Waals surface area contributed by atoms with Gasteiger partial charge in [0.25, 0.3) is 11.8 Å². The number of nitriles is 1. The average Bonchev–Trinajstić information content (AvgIpc) is 3.06. The van der Waals surface area contributed by atoms with Crippen LogP contribution in [0.1, 0.15) is 46.0 Å². The number of hydrogen-bond acceptors (Lipinski definition) is 7. The van der Waals surface area contributed by atoms with E-state index in [1.165, 1.54) is 4.90 Å². The molecule has 3 rings (SSSR count). The predicted molar refractivity (Wildman–Crippen MR) is 122 cm³/mol. The zero-order valence-electron chi connectivity index (χ0n) is 19.5. The number of carbonyl (C=O) groups excluding carboxylic acids is 4. The Balaban J connectivity index is 1.60. The molecule has 2 unspecified atom stereocenters. The largest absolute Gasteiger partial charge is 0.494 e. The van der Waals surface area contributed by atoms with E-state index >= 15 is 0 Å². The molecule has 1 aromatic carbocycles. The minimum atomic E-state index is -0.965. The van der Waals surface area contributed by atoms with Crippen LogP contribution < -0.4 is 15.0 Å². The molecular formula is C24H30N4O6. The molecule has 1 saturated heterocycles. The van der Waals surface area contributed by atoms with Gasteiger partial charge in [0.15, 0.2) is 6.61 Å². The molecule has 0 aromatic heterocycles. The van der Waals surface area contributed by atoms with Crippen molar-refractivity contribution in [3.05, 3.63) is 24.3 Å². The SMILES string of the molecule is CCOc1ccc(N(CCC#N)C(=O)COC(=O)CN2C(=O)NC3(CCCCC3C)C2=O)cc1. The first-order valence-electron chi connectivity index (χ1n) is 11.5. The lowest BCUT2D eigenvalue weighted by atomic mass is 9.73. The molecule has 1 N–H and O–H groups in total. The molecule has 10 heteroatoms. The predicted octanol–water partition coefficient (Wildman–Crippen LogP) is 2.38. The zero-order chi connectivity index (χ0) is 24.7. The van der Waals surface area contributed by atoms with E-state index in [4.69, 9.17) is 14.7 Å². The summed E-state index contributed by atoms with van der Waals surface area (Å²) in [6.45, 7) is 3.27. The van der Waals surface area contributed by atoms with Gasteiger partial charge in [-0.1, -0.05) is 19.8 Å². The molecule has 4 amide bonds. The fraction of sp³-hybridized carbons (Fsp3) is 0.542. The normalized spacial score (nSPS) is 21.7. The summed E-state index contributed by atoms with van der Waals surface area (Å²) in [7, 11) is 0. The first-order chi connectivity index (χ1) is 16.3. The van der Waals surface area contributed by atoms with Crippen molar-refractivity contribution < 1.29 is 28.7 Å². The van der Waals surface area contributed by atoms with Gasteiger partial charge in [0, 0.05) is 12.2 Å². The Morgan fingerprint density at radius 1 is 1.26 bits per heavy atom. The Kier molecular flexibility index (Phi) is 8.10. The molecule has 1 aliphatic carbocycles. The number of amides is 4. The number of imide groups is 1. The number of hydrogen-bond donors (Lipinski definition) is 1. The minimum Gasteiger partial charge on any atom is -0.494 e. The Bertz CT molecular complexity index is 973. The fourth-order valence-corrected chi connectivity index (χ4v) is 4.48. The molecule has 1 spiro atoms. The monoisotopic (exact) mass is 470 g/mol. The van der Waals surface area contributed by atoms with E-state index in [1.54, 1.807) is 24.3 Å². The Morgan fingerprint density at radius 3 is 2.65 bits per heavy atom.